The highest BCUT2D eigenvalue weighted by Crippen LogP contribution is 2.27. The second-order valence-corrected chi connectivity index (χ2v) is 5.46. The maximum atomic E-state index is 11.0. The number of nitrogens with zero attached hydrogens (tertiary/aromatic N) is 1. The second kappa shape index (κ2) is 6.45. The molecule has 0 aliphatic rings. The number of hydrogen-bond acceptors (Lipinski definition) is 6. The fraction of sp³-hybridized carbons (Fsp3) is 0.286. The number of benzene rings is 1. The van der Waals surface area contributed by atoms with Gasteiger partial charge in [0, 0.05) is 23.1 Å². The Morgan fingerprint density at radius 1 is 1.38 bits per heavy atom. The van der Waals surface area contributed by atoms with Gasteiger partial charge in [-0.2, -0.15) is 0 Å². The van der Waals surface area contributed by atoms with Gasteiger partial charge in [0.15, 0.2) is 10.8 Å². The third-order valence-corrected chi connectivity index (χ3v) is 3.85. The number of aromatic carboxylic acids is 1. The molecule has 0 atom stereocenters. The number of ether oxygens (including phenoxy) is 2. The van der Waals surface area contributed by atoms with E-state index in [9.17, 15) is 4.79 Å². The van der Waals surface area contributed by atoms with Gasteiger partial charge in [-0.05, 0) is 19.1 Å². The Bertz CT molecular complexity index is 654. The zero-order valence-electron chi connectivity index (χ0n) is 12.0. The zero-order chi connectivity index (χ0) is 15.4. The van der Waals surface area contributed by atoms with E-state index in [1.807, 2.05) is 12.1 Å². The number of aryl methyl sites for hydroxylation is 1. The number of carboxylic acids is 1. The summed E-state index contributed by atoms with van der Waals surface area (Å²) in [7, 11) is 3.19. The largest absolute Gasteiger partial charge is 0.497 e. The minimum Gasteiger partial charge on any atom is -0.497 e. The summed E-state index contributed by atoms with van der Waals surface area (Å²) in [4.78, 5) is 15.7. The number of carbonyl (C=O) groups is 1. The van der Waals surface area contributed by atoms with E-state index >= 15 is 0 Å². The van der Waals surface area contributed by atoms with E-state index in [-0.39, 0.29) is 5.69 Å². The van der Waals surface area contributed by atoms with E-state index in [1.165, 1.54) is 11.3 Å². The first kappa shape index (κ1) is 15.1. The number of methoxy groups -OCH3 is 2. The number of thiazole rings is 1. The molecule has 1 aromatic carbocycles. The third-order valence-electron chi connectivity index (χ3n) is 2.92. The average molecular weight is 308 g/mol. The Morgan fingerprint density at radius 2 is 2.14 bits per heavy atom. The van der Waals surface area contributed by atoms with Crippen molar-refractivity contribution in [2.45, 2.75) is 13.5 Å². The second-order valence-electron chi connectivity index (χ2n) is 4.26. The Kier molecular flexibility index (Phi) is 4.64. The molecule has 0 radical (unpaired) electrons. The summed E-state index contributed by atoms with van der Waals surface area (Å²) >= 11 is 1.31. The summed E-state index contributed by atoms with van der Waals surface area (Å²) < 4.78 is 10.5. The Hall–Kier alpha value is -2.28. The number of hydrogen-bond donors (Lipinski definition) is 2. The Morgan fingerprint density at radius 3 is 2.71 bits per heavy atom. The van der Waals surface area contributed by atoms with Crippen LogP contribution < -0.4 is 14.8 Å². The lowest BCUT2D eigenvalue weighted by atomic mass is 10.2. The lowest BCUT2D eigenvalue weighted by molar-refractivity contribution is 0.0690. The van der Waals surface area contributed by atoms with Gasteiger partial charge in [-0.3, -0.25) is 0 Å². The van der Waals surface area contributed by atoms with Crippen LogP contribution in [0.1, 0.15) is 20.9 Å². The number of rotatable bonds is 6. The van der Waals surface area contributed by atoms with Crippen molar-refractivity contribution >= 4 is 22.4 Å². The molecule has 0 unspecified atom stereocenters. The lowest BCUT2D eigenvalue weighted by Crippen LogP contribution is -2.03. The van der Waals surface area contributed by atoms with Crippen molar-refractivity contribution in [3.05, 3.63) is 34.3 Å². The van der Waals surface area contributed by atoms with Crippen molar-refractivity contribution in [2.75, 3.05) is 19.5 Å². The smallest absolute Gasteiger partial charge is 0.355 e. The zero-order valence-corrected chi connectivity index (χ0v) is 12.8. The first-order valence-corrected chi connectivity index (χ1v) is 7.02. The quantitative estimate of drug-likeness (QED) is 0.854. The molecule has 0 saturated carbocycles. The van der Waals surface area contributed by atoms with Crippen molar-refractivity contribution in [3.8, 4) is 11.5 Å². The van der Waals surface area contributed by atoms with Crippen LogP contribution in [0.3, 0.4) is 0 Å². The van der Waals surface area contributed by atoms with Gasteiger partial charge < -0.3 is 19.9 Å². The van der Waals surface area contributed by atoms with Gasteiger partial charge in [-0.1, -0.05) is 0 Å². The first-order valence-electron chi connectivity index (χ1n) is 6.20. The van der Waals surface area contributed by atoms with Crippen LogP contribution in [0.25, 0.3) is 0 Å². The average Bonchev–Trinajstić information content (AvgIpc) is 2.86. The van der Waals surface area contributed by atoms with Crippen LogP contribution in [0, 0.1) is 6.92 Å². The SMILES string of the molecule is COc1ccc(CNc2nc(C(=O)O)c(C)s2)c(OC)c1. The van der Waals surface area contributed by atoms with Crippen molar-refractivity contribution < 1.29 is 19.4 Å². The molecule has 1 aromatic heterocycles. The van der Waals surface area contributed by atoms with Gasteiger partial charge in [-0.25, -0.2) is 9.78 Å². The number of nitrogens with one attached hydrogen (secondary N) is 1. The number of aromatic nitrogens is 1. The number of carboxylic acid groups (broad SMARTS) is 1. The molecule has 21 heavy (non-hydrogen) atoms. The molecule has 0 bridgehead atoms. The maximum absolute atomic E-state index is 11.0. The van der Waals surface area contributed by atoms with Crippen LogP contribution in [-0.2, 0) is 6.54 Å². The Balaban J connectivity index is 2.12. The molecule has 6 nitrogen and oxygen atoms in total. The van der Waals surface area contributed by atoms with Crippen molar-refractivity contribution in [1.82, 2.24) is 4.98 Å². The molecular weight excluding hydrogens is 292 g/mol. The van der Waals surface area contributed by atoms with Crippen LogP contribution in [0.5, 0.6) is 11.5 Å². The van der Waals surface area contributed by atoms with Crippen LogP contribution >= 0.6 is 11.3 Å². The summed E-state index contributed by atoms with van der Waals surface area (Å²) in [5, 5.41) is 12.7. The molecule has 2 rings (SSSR count). The predicted molar refractivity (Wildman–Crippen MR) is 80.7 cm³/mol. The van der Waals surface area contributed by atoms with Crippen LogP contribution in [0.2, 0.25) is 0 Å². The van der Waals surface area contributed by atoms with E-state index in [0.717, 1.165) is 5.56 Å². The molecule has 7 heteroatoms. The molecule has 0 spiro atoms. The maximum Gasteiger partial charge on any atom is 0.355 e. The molecule has 0 fully saturated rings. The molecule has 0 saturated heterocycles. The third kappa shape index (κ3) is 3.43. The molecule has 0 aliphatic heterocycles. The summed E-state index contributed by atoms with van der Waals surface area (Å²) in [5.41, 5.74) is 1.02. The van der Waals surface area contributed by atoms with Crippen LogP contribution in [-0.4, -0.2) is 30.3 Å². The van der Waals surface area contributed by atoms with Gasteiger partial charge in [0.2, 0.25) is 0 Å². The highest BCUT2D eigenvalue weighted by atomic mass is 32.1. The molecule has 1 heterocycles. The van der Waals surface area contributed by atoms with Crippen LogP contribution in [0.4, 0.5) is 5.13 Å². The summed E-state index contributed by atoms with van der Waals surface area (Å²) in [5.74, 6) is 0.404. The van der Waals surface area contributed by atoms with E-state index in [4.69, 9.17) is 14.6 Å². The van der Waals surface area contributed by atoms with Gasteiger partial charge >= 0.3 is 5.97 Å². The molecule has 112 valence electrons. The minimum atomic E-state index is -1.01. The standard InChI is InChI=1S/C14H16N2O4S/c1-8-12(13(17)18)16-14(21-8)15-7-9-4-5-10(19-2)6-11(9)20-3/h4-6H,7H2,1-3H3,(H,15,16)(H,17,18). The molecule has 2 N–H and O–H groups in total. The first-order chi connectivity index (χ1) is 10.0. The highest BCUT2D eigenvalue weighted by molar-refractivity contribution is 7.15. The highest BCUT2D eigenvalue weighted by Gasteiger charge is 2.14. The normalized spacial score (nSPS) is 10.2. The van der Waals surface area contributed by atoms with Gasteiger partial charge in [0.05, 0.1) is 14.2 Å². The Labute approximate surface area is 126 Å². The molecule has 0 aliphatic carbocycles. The van der Waals surface area contributed by atoms with Crippen molar-refractivity contribution in [3.63, 3.8) is 0 Å². The van der Waals surface area contributed by atoms with Crippen LogP contribution in [0.15, 0.2) is 18.2 Å². The fourth-order valence-corrected chi connectivity index (χ4v) is 2.64. The predicted octanol–water partition coefficient (Wildman–Crippen LogP) is 2.78. The van der Waals surface area contributed by atoms with E-state index in [1.54, 1.807) is 27.2 Å². The van der Waals surface area contributed by atoms with Gasteiger partial charge in [-0.15, -0.1) is 11.3 Å². The van der Waals surface area contributed by atoms with Crippen molar-refractivity contribution in [1.29, 1.82) is 0 Å². The lowest BCUT2D eigenvalue weighted by Gasteiger charge is -2.10. The van der Waals surface area contributed by atoms with E-state index in [2.05, 4.69) is 10.3 Å². The summed E-state index contributed by atoms with van der Waals surface area (Å²) in [6.45, 7) is 2.22. The van der Waals surface area contributed by atoms with Gasteiger partial charge in [0.25, 0.3) is 0 Å². The van der Waals surface area contributed by atoms with Gasteiger partial charge in [0.1, 0.15) is 11.5 Å². The monoisotopic (exact) mass is 308 g/mol. The molecule has 2 aromatic rings. The molecule has 0 amide bonds. The van der Waals surface area contributed by atoms with E-state index < -0.39 is 5.97 Å². The topological polar surface area (TPSA) is 80.7 Å². The summed E-state index contributed by atoms with van der Waals surface area (Å²) in [6, 6.07) is 5.53. The minimum absolute atomic E-state index is 0.0872. The fourth-order valence-electron chi connectivity index (χ4n) is 1.84. The number of anilines is 1. The van der Waals surface area contributed by atoms with Crippen molar-refractivity contribution in [2.24, 2.45) is 0 Å². The summed E-state index contributed by atoms with van der Waals surface area (Å²) in [6.07, 6.45) is 0. The van der Waals surface area contributed by atoms with E-state index in [0.29, 0.717) is 28.1 Å². The molecular formula is C14H16N2O4S.